The van der Waals surface area contributed by atoms with Gasteiger partial charge in [0, 0.05) is 5.56 Å². The van der Waals surface area contributed by atoms with Gasteiger partial charge in [0.1, 0.15) is 11.4 Å². The summed E-state index contributed by atoms with van der Waals surface area (Å²) in [5.41, 5.74) is 1.04. The Morgan fingerprint density at radius 2 is 2.00 bits per heavy atom. The molecule has 2 rings (SSSR count). The van der Waals surface area contributed by atoms with Crippen molar-refractivity contribution in [1.29, 1.82) is 0 Å². The van der Waals surface area contributed by atoms with E-state index in [9.17, 15) is 4.79 Å². The van der Waals surface area contributed by atoms with E-state index >= 15 is 0 Å². The zero-order chi connectivity index (χ0) is 13.7. The number of ether oxygens (including phenoxy) is 2. The lowest BCUT2D eigenvalue weighted by Crippen LogP contribution is -2.11. The van der Waals surface area contributed by atoms with E-state index in [-0.39, 0.29) is 11.3 Å². The zero-order valence-electron chi connectivity index (χ0n) is 11.0. The number of hydrogen-bond acceptors (Lipinski definition) is 4. The van der Waals surface area contributed by atoms with Crippen LogP contribution in [0, 0.1) is 0 Å². The first kappa shape index (κ1) is 13.1. The number of H-pyrrole nitrogens is 1. The predicted octanol–water partition coefficient (Wildman–Crippen LogP) is 2.23. The van der Waals surface area contributed by atoms with Crippen molar-refractivity contribution in [2.45, 2.75) is 13.3 Å². The highest BCUT2D eigenvalue weighted by atomic mass is 16.5. The molecule has 0 aliphatic rings. The summed E-state index contributed by atoms with van der Waals surface area (Å²) in [6.07, 6.45) is 2.33. The first-order chi connectivity index (χ1) is 9.26. The molecule has 0 spiro atoms. The molecule has 0 saturated carbocycles. The minimum absolute atomic E-state index is 0.213. The van der Waals surface area contributed by atoms with Gasteiger partial charge in [0.2, 0.25) is 5.75 Å². The number of hydrogen-bond donors (Lipinski definition) is 1. The Balaban J connectivity index is 2.32. The largest absolute Gasteiger partial charge is 0.494 e. The summed E-state index contributed by atoms with van der Waals surface area (Å²) in [4.78, 5) is 18.2. The Morgan fingerprint density at radius 3 is 2.63 bits per heavy atom. The van der Waals surface area contributed by atoms with Crippen molar-refractivity contribution in [3.8, 4) is 22.8 Å². The maximum absolute atomic E-state index is 11.6. The van der Waals surface area contributed by atoms with Crippen molar-refractivity contribution in [3.05, 3.63) is 40.9 Å². The lowest BCUT2D eigenvalue weighted by molar-refractivity contribution is 0.317. The van der Waals surface area contributed by atoms with Gasteiger partial charge in [-0.2, -0.15) is 0 Å². The van der Waals surface area contributed by atoms with Crippen molar-refractivity contribution in [2.24, 2.45) is 0 Å². The van der Waals surface area contributed by atoms with Gasteiger partial charge in [-0.15, -0.1) is 0 Å². The van der Waals surface area contributed by atoms with Crippen molar-refractivity contribution in [2.75, 3.05) is 13.7 Å². The Morgan fingerprint density at radius 1 is 1.26 bits per heavy atom. The summed E-state index contributed by atoms with van der Waals surface area (Å²) in [6.45, 7) is 2.74. The molecule has 0 amide bonds. The molecule has 19 heavy (non-hydrogen) atoms. The molecular formula is C14H16N2O3. The van der Waals surface area contributed by atoms with Crippen LogP contribution in [0.1, 0.15) is 13.3 Å². The molecule has 2 aromatic rings. The molecule has 1 heterocycles. The Hall–Kier alpha value is -2.30. The van der Waals surface area contributed by atoms with E-state index in [4.69, 9.17) is 9.47 Å². The molecule has 0 unspecified atom stereocenters. The lowest BCUT2D eigenvalue weighted by atomic mass is 10.1. The molecule has 1 N–H and O–H groups in total. The molecule has 0 aliphatic heterocycles. The smallest absolute Gasteiger partial charge is 0.293 e. The van der Waals surface area contributed by atoms with E-state index < -0.39 is 0 Å². The number of rotatable bonds is 5. The van der Waals surface area contributed by atoms with Gasteiger partial charge in [-0.3, -0.25) is 4.79 Å². The van der Waals surface area contributed by atoms with Crippen LogP contribution < -0.4 is 15.0 Å². The van der Waals surface area contributed by atoms with E-state index in [1.54, 1.807) is 0 Å². The van der Waals surface area contributed by atoms with Crippen molar-refractivity contribution in [1.82, 2.24) is 9.97 Å². The van der Waals surface area contributed by atoms with Crippen LogP contribution in [-0.2, 0) is 0 Å². The van der Waals surface area contributed by atoms with Gasteiger partial charge in [0.15, 0.2) is 0 Å². The molecule has 100 valence electrons. The standard InChI is InChI=1S/C14H16N2O3/c1-3-8-19-11-6-4-10(5-7-11)12-13(18-2)14(17)16-9-15-12/h4-7,9H,3,8H2,1-2H3,(H,15,16,17). The normalized spacial score (nSPS) is 10.2. The molecule has 0 saturated heterocycles. The Labute approximate surface area is 111 Å². The molecule has 1 aromatic carbocycles. The molecule has 1 aromatic heterocycles. The predicted molar refractivity (Wildman–Crippen MR) is 72.6 cm³/mol. The van der Waals surface area contributed by atoms with Crippen molar-refractivity contribution >= 4 is 0 Å². The van der Waals surface area contributed by atoms with Crippen LogP contribution in [0.25, 0.3) is 11.3 Å². The van der Waals surface area contributed by atoms with Gasteiger partial charge in [0.25, 0.3) is 5.56 Å². The molecule has 5 nitrogen and oxygen atoms in total. The van der Waals surface area contributed by atoms with E-state index in [2.05, 4.69) is 16.9 Å². The summed E-state index contributed by atoms with van der Waals surface area (Å²) < 4.78 is 10.6. The lowest BCUT2D eigenvalue weighted by Gasteiger charge is -2.08. The zero-order valence-corrected chi connectivity index (χ0v) is 11.0. The second kappa shape index (κ2) is 6.04. The van der Waals surface area contributed by atoms with E-state index in [0.29, 0.717) is 12.3 Å². The molecule has 0 fully saturated rings. The van der Waals surface area contributed by atoms with Gasteiger partial charge in [-0.05, 0) is 30.7 Å². The van der Waals surface area contributed by atoms with E-state index in [1.165, 1.54) is 13.4 Å². The first-order valence-corrected chi connectivity index (χ1v) is 6.11. The first-order valence-electron chi connectivity index (χ1n) is 6.11. The number of nitrogens with one attached hydrogen (secondary N) is 1. The van der Waals surface area contributed by atoms with Crippen LogP contribution in [0.4, 0.5) is 0 Å². The quantitative estimate of drug-likeness (QED) is 0.895. The van der Waals surface area contributed by atoms with Crippen LogP contribution in [-0.4, -0.2) is 23.7 Å². The fourth-order valence-electron chi connectivity index (χ4n) is 1.71. The topological polar surface area (TPSA) is 64.2 Å². The van der Waals surface area contributed by atoms with Gasteiger partial charge in [-0.1, -0.05) is 6.92 Å². The minimum Gasteiger partial charge on any atom is -0.494 e. The van der Waals surface area contributed by atoms with Crippen LogP contribution in [0.15, 0.2) is 35.4 Å². The van der Waals surface area contributed by atoms with Crippen molar-refractivity contribution < 1.29 is 9.47 Å². The third kappa shape index (κ3) is 2.93. The summed E-state index contributed by atoms with van der Waals surface area (Å²) in [6, 6.07) is 7.42. The number of methoxy groups -OCH3 is 1. The highest BCUT2D eigenvalue weighted by molar-refractivity contribution is 5.65. The fourth-order valence-corrected chi connectivity index (χ4v) is 1.71. The number of nitrogens with zero attached hydrogens (tertiary/aromatic N) is 1. The Bertz CT molecular complexity index is 590. The Kier molecular flexibility index (Phi) is 4.18. The van der Waals surface area contributed by atoms with E-state index in [1.807, 2.05) is 24.3 Å². The van der Waals surface area contributed by atoms with Gasteiger partial charge in [-0.25, -0.2) is 4.98 Å². The summed E-state index contributed by atoms with van der Waals surface area (Å²) in [5, 5.41) is 0. The molecular weight excluding hydrogens is 244 g/mol. The third-order valence-corrected chi connectivity index (χ3v) is 2.62. The van der Waals surface area contributed by atoms with Crippen LogP contribution in [0.2, 0.25) is 0 Å². The monoisotopic (exact) mass is 260 g/mol. The number of aromatic nitrogens is 2. The average Bonchev–Trinajstić information content (AvgIpc) is 2.45. The maximum atomic E-state index is 11.6. The van der Waals surface area contributed by atoms with Crippen molar-refractivity contribution in [3.63, 3.8) is 0 Å². The second-order valence-electron chi connectivity index (χ2n) is 3.99. The van der Waals surface area contributed by atoms with E-state index in [0.717, 1.165) is 17.7 Å². The van der Waals surface area contributed by atoms with Crippen LogP contribution in [0.5, 0.6) is 11.5 Å². The van der Waals surface area contributed by atoms with Gasteiger partial charge < -0.3 is 14.5 Å². The fraction of sp³-hybridized carbons (Fsp3) is 0.286. The second-order valence-corrected chi connectivity index (χ2v) is 3.99. The number of aromatic amines is 1. The SMILES string of the molecule is CCCOc1ccc(-c2nc[nH]c(=O)c2OC)cc1. The molecule has 5 heteroatoms. The molecule has 0 aliphatic carbocycles. The van der Waals surface area contributed by atoms with Gasteiger partial charge >= 0.3 is 0 Å². The highest BCUT2D eigenvalue weighted by Crippen LogP contribution is 2.25. The molecule has 0 atom stereocenters. The molecule has 0 bridgehead atoms. The third-order valence-electron chi connectivity index (χ3n) is 2.62. The van der Waals surface area contributed by atoms with Gasteiger partial charge in [0.05, 0.1) is 20.0 Å². The summed E-state index contributed by atoms with van der Waals surface area (Å²) in [5.74, 6) is 1.01. The summed E-state index contributed by atoms with van der Waals surface area (Å²) >= 11 is 0. The number of benzene rings is 1. The van der Waals surface area contributed by atoms with Crippen LogP contribution in [0.3, 0.4) is 0 Å². The molecule has 0 radical (unpaired) electrons. The average molecular weight is 260 g/mol. The highest BCUT2D eigenvalue weighted by Gasteiger charge is 2.10. The maximum Gasteiger partial charge on any atom is 0.293 e. The van der Waals surface area contributed by atoms with Crippen LogP contribution >= 0.6 is 0 Å². The summed E-state index contributed by atoms with van der Waals surface area (Å²) in [7, 11) is 1.45. The minimum atomic E-state index is -0.293.